The smallest absolute Gasteiger partial charge is 0.288 e. The van der Waals surface area contributed by atoms with Crippen molar-refractivity contribution in [3.8, 4) is 0 Å². The third-order valence-electron chi connectivity index (χ3n) is 2.45. The molecule has 1 aromatic carbocycles. The maximum absolute atomic E-state index is 13.8. The minimum absolute atomic E-state index is 0.00295. The molecule has 2 rings (SSSR count). The number of carbonyl (C=O) groups excluding carboxylic acids is 1. The number of hydrogen-bond acceptors (Lipinski definition) is 2. The molecule has 0 amide bonds. The summed E-state index contributed by atoms with van der Waals surface area (Å²) in [5.41, 5.74) is -2.32. The number of alkyl halides is 3. The zero-order valence-electron chi connectivity index (χ0n) is 9.39. The van der Waals surface area contributed by atoms with E-state index in [0.29, 0.717) is 6.07 Å². The van der Waals surface area contributed by atoms with Crippen molar-refractivity contribution in [3.63, 3.8) is 0 Å². The van der Waals surface area contributed by atoms with Crippen molar-refractivity contribution in [2.75, 3.05) is 0 Å². The van der Waals surface area contributed by atoms with E-state index in [1.165, 1.54) is 6.07 Å². The Balaban J connectivity index is 2.54. The van der Waals surface area contributed by atoms with Gasteiger partial charge in [-0.1, -0.05) is 29.3 Å². The molecule has 8 heteroatoms. The lowest BCUT2D eigenvalue weighted by atomic mass is 10.0. The lowest BCUT2D eigenvalue weighted by Crippen LogP contribution is -2.12. The van der Waals surface area contributed by atoms with E-state index >= 15 is 0 Å². The molecule has 1 heterocycles. The summed E-state index contributed by atoms with van der Waals surface area (Å²) >= 11 is 12.3. The monoisotopic (exact) mass is 342 g/mol. The van der Waals surface area contributed by atoms with Gasteiger partial charge in [0.1, 0.15) is 10.2 Å². The van der Waals surface area contributed by atoms with Gasteiger partial charge in [-0.15, -0.1) is 11.3 Å². The largest absolute Gasteiger partial charge is 0.419 e. The Morgan fingerprint density at radius 3 is 2.30 bits per heavy atom. The lowest BCUT2D eigenvalue weighted by molar-refractivity contribution is -0.140. The van der Waals surface area contributed by atoms with Gasteiger partial charge in [0, 0.05) is 0 Å². The Labute approximate surface area is 124 Å². The fraction of sp³-hybridized carbons (Fsp3) is 0.0833. The molecule has 0 aliphatic heterocycles. The second-order valence-corrected chi connectivity index (χ2v) is 6.02. The highest BCUT2D eigenvalue weighted by Crippen LogP contribution is 2.36. The van der Waals surface area contributed by atoms with Gasteiger partial charge >= 0.3 is 6.18 Å². The maximum atomic E-state index is 13.8. The number of carbonyl (C=O) groups is 1. The maximum Gasteiger partial charge on any atom is 0.419 e. The summed E-state index contributed by atoms with van der Waals surface area (Å²) in [6, 6.07) is 3.68. The molecule has 2 aromatic rings. The molecule has 0 saturated carbocycles. The van der Waals surface area contributed by atoms with Crippen molar-refractivity contribution in [1.29, 1.82) is 0 Å². The molecule has 106 valence electrons. The zero-order chi connectivity index (χ0) is 15.1. The predicted molar refractivity (Wildman–Crippen MR) is 69.2 cm³/mol. The summed E-state index contributed by atoms with van der Waals surface area (Å²) in [6.45, 7) is 0. The second-order valence-electron chi connectivity index (χ2n) is 3.73. The van der Waals surface area contributed by atoms with Gasteiger partial charge in [0.2, 0.25) is 0 Å². The average molecular weight is 343 g/mol. The van der Waals surface area contributed by atoms with Crippen molar-refractivity contribution in [3.05, 3.63) is 55.4 Å². The Hall–Kier alpha value is -1.11. The molecule has 0 aliphatic carbocycles. The number of thiophene rings is 1. The Kier molecular flexibility index (Phi) is 4.09. The van der Waals surface area contributed by atoms with Crippen molar-refractivity contribution in [2.24, 2.45) is 0 Å². The van der Waals surface area contributed by atoms with Gasteiger partial charge in [-0.25, -0.2) is 4.39 Å². The number of rotatable bonds is 2. The Morgan fingerprint density at radius 2 is 1.80 bits per heavy atom. The second kappa shape index (κ2) is 5.35. The van der Waals surface area contributed by atoms with E-state index in [2.05, 4.69) is 0 Å². The third kappa shape index (κ3) is 2.82. The summed E-state index contributed by atoms with van der Waals surface area (Å²) < 4.78 is 51.8. The first-order valence-corrected chi connectivity index (χ1v) is 6.64. The van der Waals surface area contributed by atoms with Crippen LogP contribution in [0.2, 0.25) is 8.67 Å². The molecule has 20 heavy (non-hydrogen) atoms. The van der Waals surface area contributed by atoms with Gasteiger partial charge in [-0.3, -0.25) is 4.79 Å². The third-order valence-corrected chi connectivity index (χ3v) is 3.94. The predicted octanol–water partition coefficient (Wildman–Crippen LogP) is 5.44. The first kappa shape index (κ1) is 15.3. The molecule has 0 bridgehead atoms. The minimum atomic E-state index is -4.88. The lowest BCUT2D eigenvalue weighted by Gasteiger charge is -2.10. The SMILES string of the molecule is O=C(c1cc(Cl)sc1Cl)c1cccc(C(F)(F)F)c1F. The fourth-order valence-corrected chi connectivity index (χ4v) is 3.02. The summed E-state index contributed by atoms with van der Waals surface area (Å²) in [5.74, 6) is -2.56. The molecular weight excluding hydrogens is 339 g/mol. The van der Waals surface area contributed by atoms with Crippen LogP contribution in [0.5, 0.6) is 0 Å². The topological polar surface area (TPSA) is 17.1 Å². The van der Waals surface area contributed by atoms with Gasteiger partial charge in [0.15, 0.2) is 5.78 Å². The molecule has 0 atom stereocenters. The summed E-state index contributed by atoms with van der Waals surface area (Å²) in [7, 11) is 0. The van der Waals surface area contributed by atoms with Crippen molar-refractivity contribution < 1.29 is 22.4 Å². The standard InChI is InChI=1S/C12H4Cl2F4OS/c13-8-4-6(11(14)20-8)10(19)5-2-1-3-7(9(5)15)12(16,17)18/h1-4H. The number of hydrogen-bond donors (Lipinski definition) is 0. The first-order chi connectivity index (χ1) is 9.21. The zero-order valence-corrected chi connectivity index (χ0v) is 11.7. The number of halogens is 6. The van der Waals surface area contributed by atoms with Crippen LogP contribution in [0.25, 0.3) is 0 Å². The summed E-state index contributed by atoms with van der Waals surface area (Å²) in [5, 5.41) is 0. The average Bonchev–Trinajstić information content (AvgIpc) is 2.66. The van der Waals surface area contributed by atoms with Crippen LogP contribution in [0.1, 0.15) is 21.5 Å². The van der Waals surface area contributed by atoms with E-state index in [1.54, 1.807) is 0 Å². The minimum Gasteiger partial charge on any atom is -0.288 e. The summed E-state index contributed by atoms with van der Waals surface area (Å²) in [6.07, 6.45) is -4.88. The van der Waals surface area contributed by atoms with Gasteiger partial charge < -0.3 is 0 Å². The van der Waals surface area contributed by atoms with Crippen LogP contribution < -0.4 is 0 Å². The van der Waals surface area contributed by atoms with E-state index in [1.807, 2.05) is 0 Å². The molecule has 0 aliphatic rings. The van der Waals surface area contributed by atoms with Crippen LogP contribution in [0.15, 0.2) is 24.3 Å². The van der Waals surface area contributed by atoms with Crippen LogP contribution in [0.4, 0.5) is 17.6 Å². The quantitative estimate of drug-likeness (QED) is 0.524. The van der Waals surface area contributed by atoms with E-state index < -0.39 is 28.9 Å². The van der Waals surface area contributed by atoms with E-state index in [9.17, 15) is 22.4 Å². The Bertz CT molecular complexity index is 679. The summed E-state index contributed by atoms with van der Waals surface area (Å²) in [4.78, 5) is 12.0. The molecule has 0 saturated heterocycles. The highest BCUT2D eigenvalue weighted by molar-refractivity contribution is 7.20. The molecule has 0 N–H and O–H groups in total. The molecule has 1 nitrogen and oxygen atoms in total. The van der Waals surface area contributed by atoms with Gasteiger partial charge in [0.05, 0.1) is 21.0 Å². The molecule has 0 spiro atoms. The van der Waals surface area contributed by atoms with E-state index in [-0.39, 0.29) is 14.2 Å². The van der Waals surface area contributed by atoms with Crippen molar-refractivity contribution in [2.45, 2.75) is 6.18 Å². The van der Waals surface area contributed by atoms with E-state index in [0.717, 1.165) is 23.5 Å². The van der Waals surface area contributed by atoms with Crippen LogP contribution in [-0.4, -0.2) is 5.78 Å². The number of ketones is 1. The van der Waals surface area contributed by atoms with Crippen LogP contribution in [0.3, 0.4) is 0 Å². The normalized spacial score (nSPS) is 11.7. The Morgan fingerprint density at radius 1 is 1.15 bits per heavy atom. The van der Waals surface area contributed by atoms with Gasteiger partial charge in [-0.2, -0.15) is 13.2 Å². The highest BCUT2D eigenvalue weighted by Gasteiger charge is 2.36. The molecule has 1 aromatic heterocycles. The van der Waals surface area contributed by atoms with Crippen LogP contribution >= 0.6 is 34.5 Å². The molecule has 0 fully saturated rings. The highest BCUT2D eigenvalue weighted by atomic mass is 35.5. The van der Waals surface area contributed by atoms with Gasteiger partial charge in [-0.05, 0) is 18.2 Å². The molecular formula is C12H4Cl2F4OS. The fourth-order valence-electron chi connectivity index (χ4n) is 1.57. The van der Waals surface area contributed by atoms with Crippen molar-refractivity contribution in [1.82, 2.24) is 0 Å². The van der Waals surface area contributed by atoms with Crippen molar-refractivity contribution >= 4 is 40.3 Å². The van der Waals surface area contributed by atoms with Crippen LogP contribution in [-0.2, 0) is 6.18 Å². The molecule has 0 radical (unpaired) electrons. The van der Waals surface area contributed by atoms with Crippen LogP contribution in [0, 0.1) is 5.82 Å². The first-order valence-electron chi connectivity index (χ1n) is 5.07. The molecule has 0 unspecified atom stereocenters. The van der Waals surface area contributed by atoms with Gasteiger partial charge in [0.25, 0.3) is 0 Å². The number of benzene rings is 1. The van der Waals surface area contributed by atoms with E-state index in [4.69, 9.17) is 23.2 Å².